The summed E-state index contributed by atoms with van der Waals surface area (Å²) in [5.41, 5.74) is -0.141. The van der Waals surface area contributed by atoms with Gasteiger partial charge in [-0.2, -0.15) is 10.5 Å². The molecule has 0 aliphatic heterocycles. The minimum absolute atomic E-state index is 0.149. The molecule has 3 heteroatoms. The zero-order valence-electron chi connectivity index (χ0n) is 10.2. The average Bonchev–Trinajstić information content (AvgIpc) is 2.47. The topological polar surface area (TPSA) is 56.8 Å². The fourth-order valence-corrected chi connectivity index (χ4v) is 2.53. The summed E-state index contributed by atoms with van der Waals surface area (Å²) in [5, 5.41) is 19.0. The Morgan fingerprint density at radius 2 is 1.89 bits per heavy atom. The van der Waals surface area contributed by atoms with Gasteiger partial charge in [-0.3, -0.25) is 0 Å². The van der Waals surface area contributed by atoms with Gasteiger partial charge in [0.15, 0.2) is 5.41 Å². The van der Waals surface area contributed by atoms with Crippen LogP contribution < -0.4 is 0 Å². The first-order valence-corrected chi connectivity index (χ1v) is 5.85. The molecule has 18 heavy (non-hydrogen) atoms. The molecule has 0 heterocycles. The predicted molar refractivity (Wildman–Crippen MR) is 67.4 cm³/mol. The van der Waals surface area contributed by atoms with E-state index in [0.29, 0.717) is 6.42 Å². The highest BCUT2D eigenvalue weighted by atomic mass is 16.5. The number of hydrogen-bond donors (Lipinski definition) is 0. The maximum atomic E-state index is 9.49. The third kappa shape index (κ3) is 1.79. The second kappa shape index (κ2) is 5.04. The predicted octanol–water partition coefficient (Wildman–Crippen LogP) is 2.78. The number of nitrogens with zero attached hydrogens (tertiary/aromatic N) is 2. The normalized spacial score (nSPS) is 25.1. The summed E-state index contributed by atoms with van der Waals surface area (Å²) in [6.07, 6.45) is 4.00. The van der Waals surface area contributed by atoms with E-state index >= 15 is 0 Å². The summed E-state index contributed by atoms with van der Waals surface area (Å²) in [6.45, 7) is 0. The lowest BCUT2D eigenvalue weighted by Crippen LogP contribution is -2.40. The molecule has 0 spiro atoms. The maximum Gasteiger partial charge on any atom is 0.180 e. The Morgan fingerprint density at radius 1 is 1.22 bits per heavy atom. The summed E-state index contributed by atoms with van der Waals surface area (Å²) in [5.74, 6) is -0.149. The molecule has 1 aliphatic carbocycles. The fraction of sp³-hybridized carbons (Fsp3) is 0.333. The van der Waals surface area contributed by atoms with Crippen molar-refractivity contribution in [1.29, 1.82) is 10.5 Å². The highest BCUT2D eigenvalue weighted by Gasteiger charge is 2.48. The summed E-state index contributed by atoms with van der Waals surface area (Å²) < 4.78 is 5.31. The fourth-order valence-electron chi connectivity index (χ4n) is 2.53. The van der Waals surface area contributed by atoms with E-state index in [1.54, 1.807) is 0 Å². The van der Waals surface area contributed by atoms with E-state index in [4.69, 9.17) is 4.74 Å². The van der Waals surface area contributed by atoms with Gasteiger partial charge in [-0.1, -0.05) is 42.5 Å². The van der Waals surface area contributed by atoms with Gasteiger partial charge in [-0.05, 0) is 12.0 Å². The van der Waals surface area contributed by atoms with Gasteiger partial charge in [-0.15, -0.1) is 0 Å². The van der Waals surface area contributed by atoms with E-state index in [0.717, 1.165) is 5.56 Å². The van der Waals surface area contributed by atoms with Crippen molar-refractivity contribution in [1.82, 2.24) is 0 Å². The van der Waals surface area contributed by atoms with Crippen LogP contribution in [0, 0.1) is 28.1 Å². The lowest BCUT2D eigenvalue weighted by atomic mass is 9.66. The summed E-state index contributed by atoms with van der Waals surface area (Å²) in [6, 6.07) is 14.1. The van der Waals surface area contributed by atoms with Crippen molar-refractivity contribution in [2.45, 2.75) is 18.4 Å². The van der Waals surface area contributed by atoms with Gasteiger partial charge in [0, 0.05) is 13.0 Å². The van der Waals surface area contributed by atoms with Crippen LogP contribution in [0.2, 0.25) is 0 Å². The Morgan fingerprint density at radius 3 is 2.44 bits per heavy atom. The lowest BCUT2D eigenvalue weighted by Gasteiger charge is -2.36. The van der Waals surface area contributed by atoms with Crippen LogP contribution in [-0.4, -0.2) is 13.2 Å². The number of nitriles is 2. The molecule has 3 nitrogen and oxygen atoms in total. The molecule has 1 aromatic carbocycles. The van der Waals surface area contributed by atoms with E-state index in [-0.39, 0.29) is 5.92 Å². The van der Waals surface area contributed by atoms with Crippen LogP contribution in [0.25, 0.3) is 0 Å². The van der Waals surface area contributed by atoms with Crippen LogP contribution >= 0.6 is 0 Å². The quantitative estimate of drug-likeness (QED) is 0.744. The first kappa shape index (κ1) is 12.4. The minimum atomic E-state index is -1.15. The molecule has 0 N–H and O–H groups in total. The van der Waals surface area contributed by atoms with Crippen LogP contribution in [0.15, 0.2) is 42.5 Å². The van der Waals surface area contributed by atoms with Crippen molar-refractivity contribution in [3.05, 3.63) is 48.0 Å². The van der Waals surface area contributed by atoms with E-state index in [1.165, 1.54) is 7.11 Å². The third-order valence-corrected chi connectivity index (χ3v) is 3.51. The number of hydrogen-bond acceptors (Lipinski definition) is 3. The molecule has 1 aliphatic rings. The van der Waals surface area contributed by atoms with Gasteiger partial charge in [0.05, 0.1) is 12.1 Å². The third-order valence-electron chi connectivity index (χ3n) is 3.51. The van der Waals surface area contributed by atoms with Gasteiger partial charge in [0.1, 0.15) is 6.10 Å². The number of allylic oxidation sites excluding steroid dienone is 1. The molecule has 2 rings (SSSR count). The van der Waals surface area contributed by atoms with Gasteiger partial charge in [0.2, 0.25) is 0 Å². The number of ether oxygens (including phenoxy) is 1. The van der Waals surface area contributed by atoms with Gasteiger partial charge in [-0.25, -0.2) is 0 Å². The Balaban J connectivity index is 2.51. The van der Waals surface area contributed by atoms with Crippen molar-refractivity contribution < 1.29 is 4.74 Å². The Hall–Kier alpha value is -2.10. The minimum Gasteiger partial charge on any atom is -0.375 e. The van der Waals surface area contributed by atoms with Crippen molar-refractivity contribution in [2.24, 2.45) is 5.41 Å². The van der Waals surface area contributed by atoms with Crippen molar-refractivity contribution >= 4 is 0 Å². The molecule has 0 bridgehead atoms. The van der Waals surface area contributed by atoms with Crippen molar-refractivity contribution in [2.75, 3.05) is 7.11 Å². The van der Waals surface area contributed by atoms with Crippen LogP contribution in [0.4, 0.5) is 0 Å². The van der Waals surface area contributed by atoms with Crippen LogP contribution in [0.1, 0.15) is 17.9 Å². The monoisotopic (exact) mass is 238 g/mol. The molecule has 2 atom stereocenters. The SMILES string of the molecule is COC1C=CCC(c2ccccc2)C1(C#N)C#N. The largest absolute Gasteiger partial charge is 0.375 e. The first-order valence-electron chi connectivity index (χ1n) is 5.85. The van der Waals surface area contributed by atoms with Gasteiger partial charge in [0.25, 0.3) is 0 Å². The van der Waals surface area contributed by atoms with E-state index in [2.05, 4.69) is 12.1 Å². The lowest BCUT2D eigenvalue weighted by molar-refractivity contribution is 0.0617. The summed E-state index contributed by atoms with van der Waals surface area (Å²) in [7, 11) is 1.53. The summed E-state index contributed by atoms with van der Waals surface area (Å²) in [4.78, 5) is 0. The second-order valence-corrected chi connectivity index (χ2v) is 4.38. The molecule has 0 aromatic heterocycles. The Labute approximate surface area is 107 Å². The molecule has 0 saturated heterocycles. The molecule has 1 aromatic rings. The first-order chi connectivity index (χ1) is 8.78. The van der Waals surface area contributed by atoms with Crippen LogP contribution in [0.3, 0.4) is 0 Å². The van der Waals surface area contributed by atoms with Crippen LogP contribution in [-0.2, 0) is 4.74 Å². The number of benzene rings is 1. The van der Waals surface area contributed by atoms with E-state index in [9.17, 15) is 10.5 Å². The Bertz CT molecular complexity index is 508. The van der Waals surface area contributed by atoms with E-state index < -0.39 is 11.5 Å². The highest BCUT2D eigenvalue weighted by molar-refractivity contribution is 5.37. The van der Waals surface area contributed by atoms with Crippen molar-refractivity contribution in [3.63, 3.8) is 0 Å². The molecular weight excluding hydrogens is 224 g/mol. The molecule has 0 amide bonds. The molecule has 2 unspecified atom stereocenters. The van der Waals surface area contributed by atoms with Crippen molar-refractivity contribution in [3.8, 4) is 12.1 Å². The summed E-state index contributed by atoms with van der Waals surface area (Å²) >= 11 is 0. The van der Waals surface area contributed by atoms with Crippen LogP contribution in [0.5, 0.6) is 0 Å². The Kier molecular flexibility index (Phi) is 3.46. The molecule has 0 saturated carbocycles. The molecular formula is C15H14N2O. The molecule has 0 radical (unpaired) electrons. The average molecular weight is 238 g/mol. The molecule has 0 fully saturated rings. The maximum absolute atomic E-state index is 9.49. The second-order valence-electron chi connectivity index (χ2n) is 4.38. The smallest absolute Gasteiger partial charge is 0.180 e. The van der Waals surface area contributed by atoms with E-state index in [1.807, 2.05) is 42.5 Å². The standard InChI is InChI=1S/C15H14N2O/c1-18-14-9-5-8-13(15(14,10-16)11-17)12-6-3-2-4-7-12/h2-7,9,13-14H,8H2,1H3. The highest BCUT2D eigenvalue weighted by Crippen LogP contribution is 2.45. The number of rotatable bonds is 2. The zero-order valence-corrected chi connectivity index (χ0v) is 10.2. The number of methoxy groups -OCH3 is 1. The molecule has 90 valence electrons. The van der Waals surface area contributed by atoms with Gasteiger partial charge >= 0.3 is 0 Å². The van der Waals surface area contributed by atoms with Gasteiger partial charge < -0.3 is 4.74 Å². The zero-order chi connectivity index (χ0) is 13.0.